The van der Waals surface area contributed by atoms with Crippen LogP contribution in [0.5, 0.6) is 0 Å². The number of hydrogen-bond donors (Lipinski definition) is 1. The number of aryl methyl sites for hydroxylation is 1. The monoisotopic (exact) mass is 243 g/mol. The van der Waals surface area contributed by atoms with Gasteiger partial charge < -0.3 is 9.84 Å². The molecule has 1 N–H and O–H groups in total. The van der Waals surface area contributed by atoms with Crippen LogP contribution in [0.15, 0.2) is 28.8 Å². The van der Waals surface area contributed by atoms with Crippen molar-refractivity contribution in [2.75, 3.05) is 6.54 Å². The number of aromatic nitrogens is 2. The minimum atomic E-state index is 0.227. The van der Waals surface area contributed by atoms with Gasteiger partial charge in [-0.25, -0.2) is 0 Å². The molecule has 2 aromatic rings. The fraction of sp³-hybridized carbons (Fsp3) is 0.429. The largest absolute Gasteiger partial charge is 0.337 e. The van der Waals surface area contributed by atoms with Gasteiger partial charge in [0.25, 0.3) is 0 Å². The molecule has 1 atom stereocenters. The lowest BCUT2D eigenvalue weighted by molar-refractivity contribution is 0.297. The van der Waals surface area contributed by atoms with Crippen LogP contribution in [0.4, 0.5) is 0 Å². The second-order valence-electron chi connectivity index (χ2n) is 4.83. The lowest BCUT2D eigenvalue weighted by Gasteiger charge is -2.19. The van der Waals surface area contributed by atoms with E-state index in [0.717, 1.165) is 18.5 Å². The van der Waals surface area contributed by atoms with Crippen LogP contribution in [0.3, 0.4) is 0 Å². The van der Waals surface area contributed by atoms with Gasteiger partial charge in [0.05, 0.1) is 6.04 Å². The van der Waals surface area contributed by atoms with Gasteiger partial charge in [-0.2, -0.15) is 4.98 Å². The molecular weight excluding hydrogens is 226 g/mol. The first-order valence-electron chi connectivity index (χ1n) is 6.47. The summed E-state index contributed by atoms with van der Waals surface area (Å²) in [5, 5.41) is 7.49. The van der Waals surface area contributed by atoms with Gasteiger partial charge in [0.1, 0.15) is 0 Å². The molecule has 1 saturated heterocycles. The molecule has 0 saturated carbocycles. The smallest absolute Gasteiger partial charge is 0.244 e. The molecule has 4 nitrogen and oxygen atoms in total. The molecule has 0 unspecified atom stereocenters. The SMILES string of the molecule is Cc1cccc(-c2noc([C@@H]3CCCCN3)n2)c1. The fourth-order valence-corrected chi connectivity index (χ4v) is 2.34. The molecule has 1 aliphatic heterocycles. The van der Waals surface area contributed by atoms with Crippen molar-refractivity contribution >= 4 is 0 Å². The zero-order valence-corrected chi connectivity index (χ0v) is 10.5. The molecule has 0 radical (unpaired) electrons. The van der Waals surface area contributed by atoms with Crippen molar-refractivity contribution in [3.8, 4) is 11.4 Å². The molecule has 0 bridgehead atoms. The summed E-state index contributed by atoms with van der Waals surface area (Å²) in [6, 6.07) is 8.39. The Morgan fingerprint density at radius 2 is 2.28 bits per heavy atom. The average Bonchev–Trinajstić information content (AvgIpc) is 2.89. The summed E-state index contributed by atoms with van der Waals surface area (Å²) >= 11 is 0. The number of nitrogens with one attached hydrogen (secondary N) is 1. The van der Waals surface area contributed by atoms with Gasteiger partial charge in [-0.15, -0.1) is 0 Å². The molecule has 0 spiro atoms. The van der Waals surface area contributed by atoms with Crippen LogP contribution in [-0.4, -0.2) is 16.7 Å². The lowest BCUT2D eigenvalue weighted by Crippen LogP contribution is -2.26. The summed E-state index contributed by atoms with van der Waals surface area (Å²) in [5.74, 6) is 1.40. The van der Waals surface area contributed by atoms with Gasteiger partial charge in [0.15, 0.2) is 0 Å². The van der Waals surface area contributed by atoms with Gasteiger partial charge in [0, 0.05) is 5.56 Å². The van der Waals surface area contributed by atoms with Crippen molar-refractivity contribution in [3.05, 3.63) is 35.7 Å². The summed E-state index contributed by atoms with van der Waals surface area (Å²) in [6.45, 7) is 3.10. The Labute approximate surface area is 106 Å². The summed E-state index contributed by atoms with van der Waals surface area (Å²) in [6.07, 6.45) is 3.53. The topological polar surface area (TPSA) is 51.0 Å². The third kappa shape index (κ3) is 2.29. The van der Waals surface area contributed by atoms with Crippen LogP contribution in [0, 0.1) is 6.92 Å². The molecule has 94 valence electrons. The van der Waals surface area contributed by atoms with Gasteiger partial charge in [-0.05, 0) is 32.4 Å². The van der Waals surface area contributed by atoms with Crippen molar-refractivity contribution in [1.82, 2.24) is 15.5 Å². The minimum absolute atomic E-state index is 0.227. The average molecular weight is 243 g/mol. The van der Waals surface area contributed by atoms with Crippen LogP contribution >= 0.6 is 0 Å². The van der Waals surface area contributed by atoms with Crippen LogP contribution in [0.25, 0.3) is 11.4 Å². The highest BCUT2D eigenvalue weighted by molar-refractivity contribution is 5.55. The maximum absolute atomic E-state index is 5.37. The maximum atomic E-state index is 5.37. The van der Waals surface area contributed by atoms with E-state index in [4.69, 9.17) is 4.52 Å². The molecule has 1 aromatic carbocycles. The second-order valence-corrected chi connectivity index (χ2v) is 4.83. The Morgan fingerprint density at radius 1 is 1.33 bits per heavy atom. The van der Waals surface area contributed by atoms with E-state index in [1.54, 1.807) is 0 Å². The first-order valence-corrected chi connectivity index (χ1v) is 6.47. The maximum Gasteiger partial charge on any atom is 0.244 e. The number of benzene rings is 1. The molecular formula is C14H17N3O. The first-order chi connectivity index (χ1) is 8.83. The zero-order valence-electron chi connectivity index (χ0n) is 10.5. The fourth-order valence-electron chi connectivity index (χ4n) is 2.34. The first kappa shape index (κ1) is 11.4. The molecule has 1 aromatic heterocycles. The van der Waals surface area contributed by atoms with E-state index in [1.807, 2.05) is 12.1 Å². The van der Waals surface area contributed by atoms with E-state index in [9.17, 15) is 0 Å². The molecule has 0 amide bonds. The van der Waals surface area contributed by atoms with E-state index in [1.165, 1.54) is 18.4 Å². The summed E-state index contributed by atoms with van der Waals surface area (Å²) in [5.41, 5.74) is 2.22. The standard InChI is InChI=1S/C14H17N3O/c1-10-5-4-6-11(9-10)13-16-14(18-17-13)12-7-2-3-8-15-12/h4-6,9,12,15H,2-3,7-8H2,1H3/t12-/m0/s1. The van der Waals surface area contributed by atoms with Crippen molar-refractivity contribution in [2.45, 2.75) is 32.2 Å². The van der Waals surface area contributed by atoms with Crippen LogP contribution in [0.1, 0.15) is 36.8 Å². The van der Waals surface area contributed by atoms with Gasteiger partial charge in [0.2, 0.25) is 11.7 Å². The van der Waals surface area contributed by atoms with Crippen LogP contribution in [0.2, 0.25) is 0 Å². The highest BCUT2D eigenvalue weighted by Crippen LogP contribution is 2.24. The lowest BCUT2D eigenvalue weighted by atomic mass is 10.1. The highest BCUT2D eigenvalue weighted by atomic mass is 16.5. The van der Waals surface area contributed by atoms with E-state index in [0.29, 0.717) is 11.7 Å². The zero-order chi connectivity index (χ0) is 12.4. The molecule has 1 fully saturated rings. The minimum Gasteiger partial charge on any atom is -0.337 e. The summed E-state index contributed by atoms with van der Waals surface area (Å²) in [7, 11) is 0. The van der Waals surface area contributed by atoms with Crippen molar-refractivity contribution in [1.29, 1.82) is 0 Å². The molecule has 1 aliphatic rings. The van der Waals surface area contributed by atoms with E-state index >= 15 is 0 Å². The highest BCUT2D eigenvalue weighted by Gasteiger charge is 2.21. The summed E-state index contributed by atoms with van der Waals surface area (Å²) in [4.78, 5) is 4.50. The number of rotatable bonds is 2. The Bertz CT molecular complexity index is 529. The van der Waals surface area contributed by atoms with Gasteiger partial charge in [-0.3, -0.25) is 0 Å². The molecule has 0 aliphatic carbocycles. The van der Waals surface area contributed by atoms with Crippen molar-refractivity contribution in [3.63, 3.8) is 0 Å². The van der Waals surface area contributed by atoms with Crippen molar-refractivity contribution in [2.24, 2.45) is 0 Å². The third-order valence-corrected chi connectivity index (χ3v) is 3.33. The normalized spacial score (nSPS) is 19.9. The molecule has 2 heterocycles. The molecule has 18 heavy (non-hydrogen) atoms. The Balaban J connectivity index is 1.84. The van der Waals surface area contributed by atoms with E-state index in [2.05, 4.69) is 34.5 Å². The molecule has 3 rings (SSSR count). The predicted molar refractivity (Wildman–Crippen MR) is 69.1 cm³/mol. The second kappa shape index (κ2) is 4.90. The van der Waals surface area contributed by atoms with E-state index in [-0.39, 0.29) is 6.04 Å². The third-order valence-electron chi connectivity index (χ3n) is 3.33. The number of piperidine rings is 1. The molecule has 4 heteroatoms. The number of hydrogen-bond acceptors (Lipinski definition) is 4. The number of nitrogens with zero attached hydrogens (tertiary/aromatic N) is 2. The van der Waals surface area contributed by atoms with Crippen LogP contribution < -0.4 is 5.32 Å². The predicted octanol–water partition coefficient (Wildman–Crippen LogP) is 2.86. The Hall–Kier alpha value is -1.68. The Morgan fingerprint density at radius 3 is 3.06 bits per heavy atom. The van der Waals surface area contributed by atoms with Crippen LogP contribution in [-0.2, 0) is 0 Å². The van der Waals surface area contributed by atoms with E-state index < -0.39 is 0 Å². The van der Waals surface area contributed by atoms with Crippen molar-refractivity contribution < 1.29 is 4.52 Å². The Kier molecular flexibility index (Phi) is 3.11. The quantitative estimate of drug-likeness (QED) is 0.881. The summed E-state index contributed by atoms with van der Waals surface area (Å²) < 4.78 is 5.37. The van der Waals surface area contributed by atoms with Gasteiger partial charge in [-0.1, -0.05) is 35.3 Å². The van der Waals surface area contributed by atoms with Gasteiger partial charge >= 0.3 is 0 Å².